The van der Waals surface area contributed by atoms with E-state index in [9.17, 15) is 22.8 Å². The maximum atomic E-state index is 13.2. The third kappa shape index (κ3) is 8.57. The first kappa shape index (κ1) is 34.8. The van der Waals surface area contributed by atoms with Gasteiger partial charge in [0.1, 0.15) is 6.54 Å². The lowest BCUT2D eigenvalue weighted by molar-refractivity contribution is -0.159. The number of hydrazine groups is 1. The van der Waals surface area contributed by atoms with Crippen LogP contribution in [-0.2, 0) is 28.9 Å². The van der Waals surface area contributed by atoms with Gasteiger partial charge in [-0.3, -0.25) is 14.6 Å². The number of hydrogen-bond acceptors (Lipinski definition) is 8. The van der Waals surface area contributed by atoms with Crippen molar-refractivity contribution in [3.8, 4) is 11.4 Å². The number of benzene rings is 2. The van der Waals surface area contributed by atoms with E-state index in [1.165, 1.54) is 16.0 Å². The molecule has 0 atom stereocenters. The maximum absolute atomic E-state index is 13.2. The van der Waals surface area contributed by atoms with Crippen LogP contribution in [0.1, 0.15) is 29.5 Å². The average molecular weight is 633 g/mol. The van der Waals surface area contributed by atoms with Crippen molar-refractivity contribution >= 4 is 42.3 Å². The summed E-state index contributed by atoms with van der Waals surface area (Å²) in [6.45, 7) is 6.33. The molecule has 0 saturated heterocycles. The Morgan fingerprint density at radius 3 is 2.33 bits per heavy atom. The number of carbonyl (C=O) groups is 2. The van der Waals surface area contributed by atoms with Crippen LogP contribution < -0.4 is 10.6 Å². The fourth-order valence-electron chi connectivity index (χ4n) is 4.32. The minimum absolute atomic E-state index is 0. The highest BCUT2D eigenvalue weighted by molar-refractivity contribution is 5.87. The summed E-state index contributed by atoms with van der Waals surface area (Å²) < 4.78 is 42.9. The van der Waals surface area contributed by atoms with E-state index >= 15 is 0 Å². The predicted octanol–water partition coefficient (Wildman–Crippen LogP) is 4.15. The van der Waals surface area contributed by atoms with Crippen molar-refractivity contribution in [2.24, 2.45) is 0 Å². The molecule has 3 aromatic rings. The molecule has 1 aliphatic heterocycles. The van der Waals surface area contributed by atoms with Gasteiger partial charge in [-0.05, 0) is 36.2 Å². The van der Waals surface area contributed by atoms with Gasteiger partial charge in [-0.1, -0.05) is 48.5 Å². The van der Waals surface area contributed by atoms with Gasteiger partial charge in [0.05, 0.1) is 6.54 Å². The van der Waals surface area contributed by atoms with Crippen molar-refractivity contribution in [2.45, 2.75) is 33.1 Å². The lowest BCUT2D eigenvalue weighted by atomic mass is 10.1. The summed E-state index contributed by atoms with van der Waals surface area (Å²) in [6.07, 6.45) is -4.75. The summed E-state index contributed by atoms with van der Waals surface area (Å²) in [4.78, 5) is 31.3. The number of nitrogens with one attached hydrogen (secondary N) is 2. The lowest BCUT2D eigenvalue weighted by Gasteiger charge is -2.31. The average Bonchev–Trinajstić information content (AvgIpc) is 3.59. The normalized spacial score (nSPS) is 12.6. The van der Waals surface area contributed by atoms with Crippen LogP contribution in [0.2, 0.25) is 0 Å². The molecule has 0 spiro atoms. The van der Waals surface area contributed by atoms with E-state index in [4.69, 9.17) is 0 Å². The van der Waals surface area contributed by atoms with Gasteiger partial charge in [0.2, 0.25) is 11.7 Å². The molecule has 0 unspecified atom stereocenters. The number of rotatable bonds is 11. The summed E-state index contributed by atoms with van der Waals surface area (Å²) in [5.74, 6) is -2.16. The summed E-state index contributed by atoms with van der Waals surface area (Å²) >= 11 is 0. The molecule has 2 amide bonds. The first-order valence-electron chi connectivity index (χ1n) is 12.9. The maximum Gasteiger partial charge on any atom is 0.471 e. The summed E-state index contributed by atoms with van der Waals surface area (Å²) in [5, 5.41) is 13.1. The highest BCUT2D eigenvalue weighted by atomic mass is 35.5. The van der Waals surface area contributed by atoms with E-state index in [0.717, 1.165) is 12.1 Å². The standard InChI is InChI=1S/C27H32F3N7O3.2ClH/c1-4-31-11-12-36(17-24(39)35(3)37-15-20-7-5-6-8-21(20)16-37)23(38)14-32-22-13-19(10-9-18(22)2)25-33-26(40-34-25)27(28,29)30;;/h5-10,13,31-32H,4,11-12,14-17H2,1-3H3;2*1H. The van der Waals surface area contributed by atoms with Gasteiger partial charge in [0.15, 0.2) is 0 Å². The molecule has 2 heterocycles. The molecule has 2 N–H and O–H groups in total. The van der Waals surface area contributed by atoms with Gasteiger partial charge in [0.25, 0.3) is 5.91 Å². The second kappa shape index (κ2) is 15.2. The van der Waals surface area contributed by atoms with Crippen LogP contribution in [0.4, 0.5) is 18.9 Å². The predicted molar refractivity (Wildman–Crippen MR) is 156 cm³/mol. The van der Waals surface area contributed by atoms with Gasteiger partial charge in [0, 0.05) is 44.5 Å². The molecule has 0 saturated carbocycles. The Labute approximate surface area is 254 Å². The molecule has 1 aliphatic rings. The molecule has 0 fully saturated rings. The summed E-state index contributed by atoms with van der Waals surface area (Å²) in [5.41, 5.74) is 3.92. The van der Waals surface area contributed by atoms with Gasteiger partial charge < -0.3 is 20.1 Å². The zero-order valence-electron chi connectivity index (χ0n) is 23.4. The number of fused-ring (bicyclic) bond motifs is 1. The quantitative estimate of drug-likeness (QED) is 0.304. The zero-order valence-corrected chi connectivity index (χ0v) is 25.0. The second-order valence-electron chi connectivity index (χ2n) is 9.48. The van der Waals surface area contributed by atoms with E-state index in [2.05, 4.69) is 25.3 Å². The second-order valence-corrected chi connectivity index (χ2v) is 9.48. The molecular weight excluding hydrogens is 598 g/mol. The number of anilines is 1. The Bertz CT molecular complexity index is 1330. The minimum Gasteiger partial charge on any atom is -0.376 e. The molecule has 0 bridgehead atoms. The minimum atomic E-state index is -4.75. The molecule has 15 heteroatoms. The largest absolute Gasteiger partial charge is 0.471 e. The van der Waals surface area contributed by atoms with Gasteiger partial charge in [-0.25, -0.2) is 5.01 Å². The molecule has 4 rings (SSSR count). The molecule has 230 valence electrons. The summed E-state index contributed by atoms with van der Waals surface area (Å²) in [6, 6.07) is 12.8. The van der Waals surface area contributed by atoms with Crippen molar-refractivity contribution in [1.29, 1.82) is 0 Å². The summed E-state index contributed by atoms with van der Waals surface area (Å²) in [7, 11) is 1.70. The van der Waals surface area contributed by atoms with Crippen LogP contribution in [0.3, 0.4) is 0 Å². The Kier molecular flexibility index (Phi) is 12.6. The van der Waals surface area contributed by atoms with E-state index in [0.29, 0.717) is 37.4 Å². The molecule has 42 heavy (non-hydrogen) atoms. The van der Waals surface area contributed by atoms with Crippen LogP contribution >= 0.6 is 24.8 Å². The topological polar surface area (TPSA) is 107 Å². The van der Waals surface area contributed by atoms with Crippen molar-refractivity contribution in [1.82, 2.24) is 30.4 Å². The van der Waals surface area contributed by atoms with Crippen LogP contribution in [0.25, 0.3) is 11.4 Å². The number of likely N-dealkylation sites (N-methyl/N-ethyl adjacent to an activating group) is 2. The Hall–Kier alpha value is -3.39. The van der Waals surface area contributed by atoms with E-state index < -0.39 is 12.1 Å². The number of aromatic nitrogens is 2. The Balaban J connectivity index is 0.00000308. The molecule has 0 radical (unpaired) electrons. The number of halogens is 5. The number of alkyl halides is 3. The molecule has 2 aromatic carbocycles. The number of carbonyl (C=O) groups excluding carboxylic acids is 2. The zero-order chi connectivity index (χ0) is 28.9. The SMILES string of the molecule is CCNCCN(CC(=O)N(C)N1Cc2ccccc2C1)C(=O)CNc1cc(-c2noc(C(F)(F)F)n2)ccc1C.Cl.Cl. The van der Waals surface area contributed by atoms with E-state index in [1.807, 2.05) is 36.2 Å². The van der Waals surface area contributed by atoms with Crippen molar-refractivity contribution in [2.75, 3.05) is 45.1 Å². The highest BCUT2D eigenvalue weighted by Gasteiger charge is 2.38. The Morgan fingerprint density at radius 2 is 1.74 bits per heavy atom. The third-order valence-corrected chi connectivity index (χ3v) is 6.69. The molecule has 1 aromatic heterocycles. The number of aryl methyl sites for hydroxylation is 1. The lowest BCUT2D eigenvalue weighted by Crippen LogP contribution is -2.49. The van der Waals surface area contributed by atoms with Crippen LogP contribution in [0.15, 0.2) is 47.0 Å². The fraction of sp³-hybridized carbons (Fsp3) is 0.407. The third-order valence-electron chi connectivity index (χ3n) is 6.69. The van der Waals surface area contributed by atoms with E-state index in [1.54, 1.807) is 37.2 Å². The first-order valence-corrected chi connectivity index (χ1v) is 12.9. The monoisotopic (exact) mass is 631 g/mol. The first-order chi connectivity index (χ1) is 19.1. The smallest absolute Gasteiger partial charge is 0.376 e. The van der Waals surface area contributed by atoms with Gasteiger partial charge >= 0.3 is 12.1 Å². The van der Waals surface area contributed by atoms with Crippen molar-refractivity contribution in [3.05, 3.63) is 65.0 Å². The molecular formula is C27H34Cl2F3N7O3. The molecule has 0 aliphatic carbocycles. The van der Waals surface area contributed by atoms with Crippen molar-refractivity contribution in [3.63, 3.8) is 0 Å². The van der Waals surface area contributed by atoms with E-state index in [-0.39, 0.29) is 55.5 Å². The number of amides is 2. The van der Waals surface area contributed by atoms with Crippen molar-refractivity contribution < 1.29 is 27.3 Å². The van der Waals surface area contributed by atoms with Crippen LogP contribution in [-0.4, -0.2) is 76.6 Å². The van der Waals surface area contributed by atoms with Gasteiger partial charge in [-0.2, -0.15) is 18.2 Å². The van der Waals surface area contributed by atoms with Crippen LogP contribution in [0, 0.1) is 6.92 Å². The Morgan fingerprint density at radius 1 is 1.07 bits per heavy atom. The highest BCUT2D eigenvalue weighted by Crippen LogP contribution is 2.30. The fourth-order valence-corrected chi connectivity index (χ4v) is 4.32. The van der Waals surface area contributed by atoms with Gasteiger partial charge in [-0.15, -0.1) is 24.8 Å². The number of nitrogens with zero attached hydrogens (tertiary/aromatic N) is 5. The number of hydrogen-bond donors (Lipinski definition) is 2. The molecule has 10 nitrogen and oxygen atoms in total. The van der Waals surface area contributed by atoms with Crippen LogP contribution in [0.5, 0.6) is 0 Å².